The summed E-state index contributed by atoms with van der Waals surface area (Å²) in [6.45, 7) is -0.142. The molecule has 1 nitrogen and oxygen atoms in total. The van der Waals surface area contributed by atoms with E-state index in [2.05, 4.69) is 15.9 Å². The summed E-state index contributed by atoms with van der Waals surface area (Å²) in [5, 5.41) is 0.546. The summed E-state index contributed by atoms with van der Waals surface area (Å²) in [5.74, 6) is 0. The van der Waals surface area contributed by atoms with Gasteiger partial charge in [-0.05, 0) is 29.7 Å². The largest absolute Gasteiger partial charge is 0.401 e. The van der Waals surface area contributed by atoms with Crippen molar-refractivity contribution in [3.63, 3.8) is 0 Å². The van der Waals surface area contributed by atoms with E-state index < -0.39 is 12.7 Å². The molecule has 0 bridgehead atoms. The molecule has 94 valence electrons. The van der Waals surface area contributed by atoms with E-state index in [0.717, 1.165) is 15.6 Å². The molecule has 1 heterocycles. The molecule has 1 aromatic carbocycles. The zero-order chi connectivity index (χ0) is 12.6. The van der Waals surface area contributed by atoms with Crippen molar-refractivity contribution in [2.75, 3.05) is 13.1 Å². The zero-order valence-electron chi connectivity index (χ0n) is 8.82. The number of nitrogens with zero attached hydrogens (tertiary/aromatic N) is 1. The van der Waals surface area contributed by atoms with Crippen LogP contribution >= 0.6 is 27.5 Å². The lowest BCUT2D eigenvalue weighted by molar-refractivity contribution is -0.147. The van der Waals surface area contributed by atoms with Gasteiger partial charge in [-0.15, -0.1) is 0 Å². The molecule has 1 aliphatic heterocycles. The molecule has 1 aliphatic rings. The van der Waals surface area contributed by atoms with Gasteiger partial charge in [-0.2, -0.15) is 13.2 Å². The first-order chi connectivity index (χ1) is 7.85. The van der Waals surface area contributed by atoms with E-state index in [9.17, 15) is 13.2 Å². The molecule has 0 aromatic heterocycles. The molecule has 0 atom stereocenters. The number of hydrogen-bond acceptors (Lipinski definition) is 1. The minimum atomic E-state index is -4.15. The van der Waals surface area contributed by atoms with Crippen molar-refractivity contribution in [1.29, 1.82) is 0 Å². The fourth-order valence-corrected chi connectivity index (χ4v) is 3.13. The van der Waals surface area contributed by atoms with Gasteiger partial charge >= 0.3 is 6.18 Å². The van der Waals surface area contributed by atoms with Crippen molar-refractivity contribution in [3.8, 4) is 0 Å². The average molecular weight is 329 g/mol. The molecule has 17 heavy (non-hydrogen) atoms. The van der Waals surface area contributed by atoms with Crippen LogP contribution in [0.15, 0.2) is 16.6 Å². The molecule has 2 rings (SSSR count). The van der Waals surface area contributed by atoms with E-state index in [-0.39, 0.29) is 0 Å². The van der Waals surface area contributed by atoms with Crippen LogP contribution in [0.1, 0.15) is 11.1 Å². The topological polar surface area (TPSA) is 3.24 Å². The van der Waals surface area contributed by atoms with Crippen molar-refractivity contribution < 1.29 is 13.2 Å². The standard InChI is InChI=1S/C11H10BrClF3N/c12-10-4-8(13)3-7-5-17(2-1-9(7)10)6-11(14,15)16/h3-4H,1-2,5-6H2. The number of halogens is 5. The van der Waals surface area contributed by atoms with E-state index in [0.29, 0.717) is 24.5 Å². The number of fused-ring (bicyclic) bond motifs is 1. The maximum absolute atomic E-state index is 12.3. The summed E-state index contributed by atoms with van der Waals surface area (Å²) in [6.07, 6.45) is -3.53. The van der Waals surface area contributed by atoms with Crippen LogP contribution in [0.25, 0.3) is 0 Å². The highest BCUT2D eigenvalue weighted by Crippen LogP contribution is 2.31. The molecule has 0 amide bonds. The highest BCUT2D eigenvalue weighted by Gasteiger charge is 2.32. The van der Waals surface area contributed by atoms with E-state index in [1.807, 2.05) is 0 Å². The van der Waals surface area contributed by atoms with Crippen LogP contribution in [-0.2, 0) is 13.0 Å². The summed E-state index contributed by atoms with van der Waals surface area (Å²) in [4.78, 5) is 1.39. The van der Waals surface area contributed by atoms with Gasteiger partial charge in [-0.1, -0.05) is 27.5 Å². The maximum atomic E-state index is 12.3. The summed E-state index contributed by atoms with van der Waals surface area (Å²) in [5.41, 5.74) is 1.94. The molecule has 0 saturated carbocycles. The summed E-state index contributed by atoms with van der Waals surface area (Å²) in [6, 6.07) is 3.52. The van der Waals surface area contributed by atoms with Crippen LogP contribution in [0.2, 0.25) is 5.02 Å². The second-order valence-corrected chi connectivity index (χ2v) is 5.39. The van der Waals surface area contributed by atoms with Crippen molar-refractivity contribution in [3.05, 3.63) is 32.8 Å². The van der Waals surface area contributed by atoms with Gasteiger partial charge in [0.25, 0.3) is 0 Å². The monoisotopic (exact) mass is 327 g/mol. The molecular weight excluding hydrogens is 318 g/mol. The third kappa shape index (κ3) is 3.36. The third-order valence-electron chi connectivity index (χ3n) is 2.73. The van der Waals surface area contributed by atoms with Crippen LogP contribution in [0, 0.1) is 0 Å². The van der Waals surface area contributed by atoms with Crippen LogP contribution < -0.4 is 0 Å². The van der Waals surface area contributed by atoms with E-state index in [1.165, 1.54) is 4.90 Å². The van der Waals surface area contributed by atoms with E-state index in [1.54, 1.807) is 12.1 Å². The Labute approximate surface area is 111 Å². The highest BCUT2D eigenvalue weighted by molar-refractivity contribution is 9.10. The molecule has 0 N–H and O–H groups in total. The van der Waals surface area contributed by atoms with E-state index in [4.69, 9.17) is 11.6 Å². The molecule has 1 aromatic rings. The second-order valence-electron chi connectivity index (χ2n) is 4.10. The predicted octanol–water partition coefficient (Wildman–Crippen LogP) is 4.02. The number of alkyl halides is 3. The normalized spacial score (nSPS) is 17.0. The lowest BCUT2D eigenvalue weighted by atomic mass is 10.00. The Balaban J connectivity index is 2.19. The Bertz CT molecular complexity index is 433. The van der Waals surface area contributed by atoms with Gasteiger partial charge in [-0.25, -0.2) is 0 Å². The van der Waals surface area contributed by atoms with Gasteiger partial charge in [0, 0.05) is 22.6 Å². The highest BCUT2D eigenvalue weighted by atomic mass is 79.9. The van der Waals surface area contributed by atoms with Gasteiger partial charge in [-0.3, -0.25) is 4.90 Å². The molecule has 0 fully saturated rings. The van der Waals surface area contributed by atoms with Gasteiger partial charge in [0.05, 0.1) is 6.54 Å². The number of rotatable bonds is 1. The van der Waals surface area contributed by atoms with Crippen molar-refractivity contribution >= 4 is 27.5 Å². The lowest BCUT2D eigenvalue weighted by Gasteiger charge is -2.30. The van der Waals surface area contributed by atoms with Crippen LogP contribution in [0.5, 0.6) is 0 Å². The second kappa shape index (κ2) is 4.78. The smallest absolute Gasteiger partial charge is 0.290 e. The number of benzene rings is 1. The number of hydrogen-bond donors (Lipinski definition) is 0. The lowest BCUT2D eigenvalue weighted by Crippen LogP contribution is -2.38. The van der Waals surface area contributed by atoms with Gasteiger partial charge in [0.1, 0.15) is 0 Å². The van der Waals surface area contributed by atoms with Crippen LogP contribution in [0.3, 0.4) is 0 Å². The van der Waals surface area contributed by atoms with E-state index >= 15 is 0 Å². The Morgan fingerprint density at radius 3 is 2.71 bits per heavy atom. The fraction of sp³-hybridized carbons (Fsp3) is 0.455. The first-order valence-electron chi connectivity index (χ1n) is 5.11. The fourth-order valence-electron chi connectivity index (χ4n) is 2.06. The third-order valence-corrected chi connectivity index (χ3v) is 3.65. The molecule has 0 saturated heterocycles. The van der Waals surface area contributed by atoms with Crippen LogP contribution in [-0.4, -0.2) is 24.2 Å². The summed E-state index contributed by atoms with van der Waals surface area (Å²) in [7, 11) is 0. The first-order valence-corrected chi connectivity index (χ1v) is 6.28. The summed E-state index contributed by atoms with van der Waals surface area (Å²) < 4.78 is 37.8. The van der Waals surface area contributed by atoms with Crippen molar-refractivity contribution in [2.45, 2.75) is 19.1 Å². The SMILES string of the molecule is FC(F)(F)CN1CCc2c(Br)cc(Cl)cc2C1. The van der Waals surface area contributed by atoms with Gasteiger partial charge < -0.3 is 0 Å². The Morgan fingerprint density at radius 1 is 1.35 bits per heavy atom. The predicted molar refractivity (Wildman–Crippen MR) is 64.2 cm³/mol. The molecular formula is C11H10BrClF3N. The Hall–Kier alpha value is -0.260. The zero-order valence-corrected chi connectivity index (χ0v) is 11.2. The molecule has 0 radical (unpaired) electrons. The molecule has 0 spiro atoms. The van der Waals surface area contributed by atoms with Crippen molar-refractivity contribution in [2.24, 2.45) is 0 Å². The van der Waals surface area contributed by atoms with Crippen LogP contribution in [0.4, 0.5) is 13.2 Å². The van der Waals surface area contributed by atoms with Gasteiger partial charge in [0.2, 0.25) is 0 Å². The molecule has 0 aliphatic carbocycles. The molecule has 0 unspecified atom stereocenters. The quantitative estimate of drug-likeness (QED) is 0.752. The molecule has 6 heteroatoms. The summed E-state index contributed by atoms with van der Waals surface area (Å²) >= 11 is 9.28. The average Bonchev–Trinajstić information content (AvgIpc) is 2.13. The maximum Gasteiger partial charge on any atom is 0.401 e. The van der Waals surface area contributed by atoms with Gasteiger partial charge in [0.15, 0.2) is 0 Å². The van der Waals surface area contributed by atoms with Crippen molar-refractivity contribution in [1.82, 2.24) is 4.90 Å². The minimum Gasteiger partial charge on any atom is -0.290 e. The Morgan fingerprint density at radius 2 is 2.06 bits per heavy atom. The first kappa shape index (κ1) is 13.2. The Kier molecular flexibility index (Phi) is 3.71. The minimum absolute atomic E-state index is 0.300.